The van der Waals surface area contributed by atoms with E-state index in [0.717, 1.165) is 30.8 Å². The molecule has 5 heteroatoms. The third-order valence-corrected chi connectivity index (χ3v) is 2.49. The third-order valence-electron chi connectivity index (χ3n) is 2.49. The Balaban J connectivity index is 1.98. The monoisotopic (exact) mass is 229 g/mol. The quantitative estimate of drug-likeness (QED) is 0.773. The first-order valence-electron chi connectivity index (χ1n) is 5.58. The van der Waals surface area contributed by atoms with E-state index in [1.165, 1.54) is 0 Å². The minimum absolute atomic E-state index is 0.840. The lowest BCUT2D eigenvalue weighted by Gasteiger charge is -2.19. The summed E-state index contributed by atoms with van der Waals surface area (Å²) in [5.41, 5.74) is 2.23. The standard InChI is InChI=1S/C12H15N5/c1-2-17(7-11-3-13-9-14-4-11)8-12-5-15-10-16-6-12/h3-6,9-10H,2,7-8H2,1H3. The molecule has 0 atom stereocenters. The minimum atomic E-state index is 0.840. The number of hydrogen-bond acceptors (Lipinski definition) is 5. The van der Waals surface area contributed by atoms with Crippen LogP contribution in [0.1, 0.15) is 18.1 Å². The fraction of sp³-hybridized carbons (Fsp3) is 0.333. The van der Waals surface area contributed by atoms with E-state index in [9.17, 15) is 0 Å². The molecule has 0 saturated heterocycles. The maximum atomic E-state index is 4.02. The Labute approximate surface area is 101 Å². The Bertz CT molecular complexity index is 390. The van der Waals surface area contributed by atoms with Gasteiger partial charge in [-0.25, -0.2) is 19.9 Å². The van der Waals surface area contributed by atoms with Crippen LogP contribution in [0.5, 0.6) is 0 Å². The van der Waals surface area contributed by atoms with Crippen LogP contribution < -0.4 is 0 Å². The Morgan fingerprint density at radius 1 is 0.824 bits per heavy atom. The molecule has 0 spiro atoms. The summed E-state index contributed by atoms with van der Waals surface area (Å²) in [7, 11) is 0. The molecule has 2 heterocycles. The summed E-state index contributed by atoms with van der Waals surface area (Å²) in [6, 6.07) is 0. The molecule has 0 amide bonds. The number of nitrogens with zero attached hydrogens (tertiary/aromatic N) is 5. The van der Waals surface area contributed by atoms with Crippen LogP contribution in [-0.2, 0) is 13.1 Å². The Morgan fingerprint density at radius 3 is 1.59 bits per heavy atom. The molecule has 17 heavy (non-hydrogen) atoms. The zero-order chi connectivity index (χ0) is 11.9. The lowest BCUT2D eigenvalue weighted by molar-refractivity contribution is 0.270. The van der Waals surface area contributed by atoms with E-state index >= 15 is 0 Å². The lowest BCUT2D eigenvalue weighted by Crippen LogP contribution is -2.22. The average molecular weight is 229 g/mol. The number of hydrogen-bond donors (Lipinski definition) is 0. The van der Waals surface area contributed by atoms with Gasteiger partial charge in [-0.3, -0.25) is 4.90 Å². The SMILES string of the molecule is CCN(Cc1cncnc1)Cc1cncnc1. The van der Waals surface area contributed by atoms with Gasteiger partial charge < -0.3 is 0 Å². The zero-order valence-corrected chi connectivity index (χ0v) is 9.82. The third kappa shape index (κ3) is 3.57. The molecule has 0 aromatic carbocycles. The molecule has 0 aliphatic rings. The van der Waals surface area contributed by atoms with Gasteiger partial charge in [0.2, 0.25) is 0 Å². The minimum Gasteiger partial charge on any atom is -0.295 e. The molecular formula is C12H15N5. The second-order valence-corrected chi connectivity index (χ2v) is 3.80. The van der Waals surface area contributed by atoms with Crippen molar-refractivity contribution in [3.8, 4) is 0 Å². The molecule has 2 aromatic rings. The fourth-order valence-electron chi connectivity index (χ4n) is 1.62. The summed E-state index contributed by atoms with van der Waals surface area (Å²) >= 11 is 0. The Hall–Kier alpha value is -1.88. The van der Waals surface area contributed by atoms with Crippen LogP contribution in [0.2, 0.25) is 0 Å². The van der Waals surface area contributed by atoms with Crippen LogP contribution in [0.15, 0.2) is 37.4 Å². The lowest BCUT2D eigenvalue weighted by atomic mass is 10.2. The van der Waals surface area contributed by atoms with Crippen molar-refractivity contribution in [3.05, 3.63) is 48.6 Å². The molecule has 88 valence electrons. The van der Waals surface area contributed by atoms with Crippen molar-refractivity contribution in [1.29, 1.82) is 0 Å². The fourth-order valence-corrected chi connectivity index (χ4v) is 1.62. The number of aromatic nitrogens is 4. The molecule has 0 aliphatic heterocycles. The summed E-state index contributed by atoms with van der Waals surface area (Å²) in [6.45, 7) is 4.77. The molecule has 0 N–H and O–H groups in total. The van der Waals surface area contributed by atoms with E-state index in [1.54, 1.807) is 12.7 Å². The van der Waals surface area contributed by atoms with Crippen LogP contribution in [0.25, 0.3) is 0 Å². The molecule has 0 bridgehead atoms. The summed E-state index contributed by atoms with van der Waals surface area (Å²) in [6.07, 6.45) is 10.5. The summed E-state index contributed by atoms with van der Waals surface area (Å²) in [5, 5.41) is 0. The molecule has 0 aliphatic carbocycles. The van der Waals surface area contributed by atoms with Gasteiger partial charge in [-0.1, -0.05) is 6.92 Å². The van der Waals surface area contributed by atoms with Gasteiger partial charge in [-0.15, -0.1) is 0 Å². The van der Waals surface area contributed by atoms with Gasteiger partial charge >= 0.3 is 0 Å². The first-order chi connectivity index (χ1) is 8.38. The molecular weight excluding hydrogens is 214 g/mol. The predicted molar refractivity (Wildman–Crippen MR) is 63.9 cm³/mol. The Kier molecular flexibility index (Phi) is 4.10. The topological polar surface area (TPSA) is 54.8 Å². The van der Waals surface area contributed by atoms with Crippen LogP contribution in [-0.4, -0.2) is 31.4 Å². The number of rotatable bonds is 5. The van der Waals surface area contributed by atoms with Crippen molar-refractivity contribution < 1.29 is 0 Å². The molecule has 2 aromatic heterocycles. The van der Waals surface area contributed by atoms with Gasteiger partial charge in [0.1, 0.15) is 12.7 Å². The van der Waals surface area contributed by atoms with Gasteiger partial charge in [0.15, 0.2) is 0 Å². The molecule has 5 nitrogen and oxygen atoms in total. The van der Waals surface area contributed by atoms with Crippen molar-refractivity contribution in [1.82, 2.24) is 24.8 Å². The van der Waals surface area contributed by atoms with Crippen molar-refractivity contribution in [2.45, 2.75) is 20.0 Å². The van der Waals surface area contributed by atoms with E-state index in [0.29, 0.717) is 0 Å². The Morgan fingerprint density at radius 2 is 1.24 bits per heavy atom. The highest BCUT2D eigenvalue weighted by atomic mass is 15.1. The van der Waals surface area contributed by atoms with Crippen LogP contribution in [0, 0.1) is 0 Å². The molecule has 0 saturated carbocycles. The molecule has 0 unspecified atom stereocenters. The van der Waals surface area contributed by atoms with Gasteiger partial charge in [-0.05, 0) is 6.54 Å². The van der Waals surface area contributed by atoms with E-state index in [1.807, 2.05) is 24.8 Å². The van der Waals surface area contributed by atoms with Gasteiger partial charge in [0.05, 0.1) is 0 Å². The summed E-state index contributed by atoms with van der Waals surface area (Å²) in [5.74, 6) is 0. The van der Waals surface area contributed by atoms with E-state index < -0.39 is 0 Å². The summed E-state index contributed by atoms with van der Waals surface area (Å²) in [4.78, 5) is 18.4. The van der Waals surface area contributed by atoms with E-state index in [-0.39, 0.29) is 0 Å². The van der Waals surface area contributed by atoms with Crippen LogP contribution >= 0.6 is 0 Å². The van der Waals surface area contributed by atoms with E-state index in [2.05, 4.69) is 31.8 Å². The highest BCUT2D eigenvalue weighted by molar-refractivity contribution is 5.05. The largest absolute Gasteiger partial charge is 0.295 e. The van der Waals surface area contributed by atoms with Crippen LogP contribution in [0.4, 0.5) is 0 Å². The maximum Gasteiger partial charge on any atom is 0.115 e. The normalized spacial score (nSPS) is 10.7. The van der Waals surface area contributed by atoms with Gasteiger partial charge in [0.25, 0.3) is 0 Å². The summed E-state index contributed by atoms with van der Waals surface area (Å²) < 4.78 is 0. The van der Waals surface area contributed by atoms with Gasteiger partial charge in [0, 0.05) is 49.0 Å². The molecule has 0 radical (unpaired) electrons. The van der Waals surface area contributed by atoms with Crippen LogP contribution in [0.3, 0.4) is 0 Å². The second-order valence-electron chi connectivity index (χ2n) is 3.80. The highest BCUT2D eigenvalue weighted by Gasteiger charge is 2.05. The maximum absolute atomic E-state index is 4.02. The van der Waals surface area contributed by atoms with Gasteiger partial charge in [-0.2, -0.15) is 0 Å². The molecule has 0 fully saturated rings. The van der Waals surface area contributed by atoms with Crippen molar-refractivity contribution in [2.24, 2.45) is 0 Å². The predicted octanol–water partition coefficient (Wildman–Crippen LogP) is 1.29. The molecule has 2 rings (SSSR count). The van der Waals surface area contributed by atoms with Crippen molar-refractivity contribution in [3.63, 3.8) is 0 Å². The average Bonchev–Trinajstić information content (AvgIpc) is 2.40. The van der Waals surface area contributed by atoms with E-state index in [4.69, 9.17) is 0 Å². The zero-order valence-electron chi connectivity index (χ0n) is 9.82. The smallest absolute Gasteiger partial charge is 0.115 e. The first kappa shape index (κ1) is 11.6. The van der Waals surface area contributed by atoms with Crippen molar-refractivity contribution in [2.75, 3.05) is 6.54 Å². The first-order valence-corrected chi connectivity index (χ1v) is 5.58. The van der Waals surface area contributed by atoms with Crippen molar-refractivity contribution >= 4 is 0 Å². The highest BCUT2D eigenvalue weighted by Crippen LogP contribution is 2.06. The second kappa shape index (κ2) is 6.00.